The van der Waals surface area contributed by atoms with E-state index in [4.69, 9.17) is 16.3 Å². The molecule has 0 saturated carbocycles. The Morgan fingerprint density at radius 3 is 2.59 bits per heavy atom. The third-order valence-corrected chi connectivity index (χ3v) is 4.44. The first-order valence-electron chi connectivity index (χ1n) is 9.28. The molecule has 0 aromatic heterocycles. The molecular weight excluding hydrogens is 436 g/mol. The average Bonchev–Trinajstić information content (AvgIpc) is 2.80. The molecule has 0 spiro atoms. The van der Waals surface area contributed by atoms with Crippen LogP contribution in [0.2, 0.25) is 5.02 Å². The minimum absolute atomic E-state index is 0.0946. The fourth-order valence-corrected chi connectivity index (χ4v) is 2.78. The monoisotopic (exact) mass is 452 g/mol. The van der Waals surface area contributed by atoms with Crippen molar-refractivity contribution < 1.29 is 19.2 Å². The predicted molar refractivity (Wildman–Crippen MR) is 120 cm³/mol. The molecular formula is C22H17ClN4O5. The maximum absolute atomic E-state index is 12.2. The highest BCUT2D eigenvalue weighted by molar-refractivity contribution is 6.33. The van der Waals surface area contributed by atoms with Crippen molar-refractivity contribution in [3.8, 4) is 5.75 Å². The third kappa shape index (κ3) is 6.13. The van der Waals surface area contributed by atoms with Gasteiger partial charge in [-0.05, 0) is 30.3 Å². The van der Waals surface area contributed by atoms with Crippen LogP contribution in [0.15, 0.2) is 77.9 Å². The van der Waals surface area contributed by atoms with Crippen molar-refractivity contribution in [2.45, 2.75) is 0 Å². The van der Waals surface area contributed by atoms with E-state index in [-0.39, 0.29) is 17.9 Å². The maximum atomic E-state index is 12.2. The Labute approximate surface area is 187 Å². The van der Waals surface area contributed by atoms with Gasteiger partial charge in [0.2, 0.25) is 0 Å². The number of halogens is 1. The summed E-state index contributed by atoms with van der Waals surface area (Å²) in [6.07, 6.45) is 1.34. The summed E-state index contributed by atoms with van der Waals surface area (Å²) in [7, 11) is 0. The smallest absolute Gasteiger partial charge is 0.271 e. The molecule has 9 nitrogen and oxygen atoms in total. The number of para-hydroxylation sites is 2. The van der Waals surface area contributed by atoms with Crippen molar-refractivity contribution in [3.63, 3.8) is 0 Å². The molecule has 0 bridgehead atoms. The second-order valence-electron chi connectivity index (χ2n) is 6.36. The van der Waals surface area contributed by atoms with Gasteiger partial charge >= 0.3 is 0 Å². The molecule has 0 aliphatic heterocycles. The van der Waals surface area contributed by atoms with Gasteiger partial charge in [-0.25, -0.2) is 5.43 Å². The summed E-state index contributed by atoms with van der Waals surface area (Å²) in [6, 6.07) is 18.9. The van der Waals surface area contributed by atoms with Gasteiger partial charge < -0.3 is 10.1 Å². The first kappa shape index (κ1) is 22.4. The molecule has 0 atom stereocenters. The van der Waals surface area contributed by atoms with Crippen molar-refractivity contribution in [1.82, 2.24) is 5.43 Å². The Morgan fingerprint density at radius 1 is 1.06 bits per heavy atom. The highest BCUT2D eigenvalue weighted by atomic mass is 35.5. The molecule has 3 rings (SSSR count). The molecule has 10 heteroatoms. The lowest BCUT2D eigenvalue weighted by Gasteiger charge is -2.10. The molecule has 0 unspecified atom stereocenters. The zero-order valence-electron chi connectivity index (χ0n) is 16.5. The van der Waals surface area contributed by atoms with E-state index < -0.39 is 16.7 Å². The molecule has 3 aromatic carbocycles. The van der Waals surface area contributed by atoms with Gasteiger partial charge in [0, 0.05) is 23.3 Å². The minimum atomic E-state index is -0.609. The van der Waals surface area contributed by atoms with Crippen LogP contribution in [0, 0.1) is 10.1 Å². The number of anilines is 1. The van der Waals surface area contributed by atoms with Crippen LogP contribution < -0.4 is 15.5 Å². The summed E-state index contributed by atoms with van der Waals surface area (Å²) in [5.74, 6) is -0.638. The number of nitrogens with zero attached hydrogens (tertiary/aromatic N) is 2. The second-order valence-corrected chi connectivity index (χ2v) is 6.77. The molecule has 0 aliphatic carbocycles. The maximum Gasteiger partial charge on any atom is 0.271 e. The largest absolute Gasteiger partial charge is 0.483 e. The third-order valence-electron chi connectivity index (χ3n) is 4.11. The number of nitro benzene ring substituents is 1. The van der Waals surface area contributed by atoms with E-state index in [2.05, 4.69) is 15.8 Å². The van der Waals surface area contributed by atoms with E-state index in [9.17, 15) is 19.7 Å². The minimum Gasteiger partial charge on any atom is -0.483 e. The fraction of sp³-hybridized carbons (Fsp3) is 0.0455. The summed E-state index contributed by atoms with van der Waals surface area (Å²) in [5.41, 5.74) is 3.18. The highest BCUT2D eigenvalue weighted by Crippen LogP contribution is 2.21. The molecule has 2 N–H and O–H groups in total. The van der Waals surface area contributed by atoms with Crippen LogP contribution in [0.3, 0.4) is 0 Å². The zero-order chi connectivity index (χ0) is 22.9. The molecule has 2 amide bonds. The molecule has 0 saturated heterocycles. The summed E-state index contributed by atoms with van der Waals surface area (Å²) in [6.45, 7) is -0.268. The van der Waals surface area contributed by atoms with Crippen LogP contribution in [-0.4, -0.2) is 29.6 Å². The number of ether oxygens (including phenoxy) is 1. The molecule has 32 heavy (non-hydrogen) atoms. The van der Waals surface area contributed by atoms with E-state index >= 15 is 0 Å². The summed E-state index contributed by atoms with van der Waals surface area (Å²) >= 11 is 6.02. The van der Waals surface area contributed by atoms with Crippen LogP contribution in [0.5, 0.6) is 5.75 Å². The molecule has 3 aromatic rings. The number of hydrazone groups is 1. The highest BCUT2D eigenvalue weighted by Gasteiger charge is 2.11. The van der Waals surface area contributed by atoms with E-state index in [1.54, 1.807) is 48.5 Å². The Hall–Kier alpha value is -4.24. The second kappa shape index (κ2) is 10.7. The number of hydrogen-bond donors (Lipinski definition) is 2. The van der Waals surface area contributed by atoms with Crippen molar-refractivity contribution in [3.05, 3.63) is 99.1 Å². The molecule has 0 fully saturated rings. The number of carbonyl (C=O) groups is 2. The molecule has 0 heterocycles. The standard InChI is InChI=1S/C22H17ClN4O5/c23-18-9-2-3-10-19(18)25-21(28)14-32-20-11-4-1-6-16(20)13-24-26-22(29)15-7-5-8-17(12-15)27(30)31/h1-13H,14H2,(H,25,28)(H,26,29)/b24-13+. The Bertz CT molecular complexity index is 1180. The number of rotatable bonds is 8. The Balaban J connectivity index is 1.60. The van der Waals surface area contributed by atoms with Crippen LogP contribution in [0.4, 0.5) is 11.4 Å². The number of carbonyl (C=O) groups excluding carboxylic acids is 2. The summed E-state index contributed by atoms with van der Waals surface area (Å²) < 4.78 is 5.56. The number of hydrogen-bond acceptors (Lipinski definition) is 6. The quantitative estimate of drug-likeness (QED) is 0.303. The van der Waals surface area contributed by atoms with Crippen LogP contribution in [0.1, 0.15) is 15.9 Å². The van der Waals surface area contributed by atoms with Gasteiger partial charge in [-0.3, -0.25) is 19.7 Å². The lowest BCUT2D eigenvalue weighted by molar-refractivity contribution is -0.384. The van der Waals surface area contributed by atoms with Crippen molar-refractivity contribution in [2.75, 3.05) is 11.9 Å². The first-order valence-corrected chi connectivity index (χ1v) is 9.66. The number of nitrogens with one attached hydrogen (secondary N) is 2. The van der Waals surface area contributed by atoms with E-state index in [0.717, 1.165) is 6.07 Å². The Morgan fingerprint density at radius 2 is 1.81 bits per heavy atom. The molecule has 0 aliphatic rings. The first-order chi connectivity index (χ1) is 15.4. The Kier molecular flexibility index (Phi) is 7.50. The molecule has 162 valence electrons. The normalized spacial score (nSPS) is 10.5. The van der Waals surface area contributed by atoms with Gasteiger partial charge in [0.05, 0.1) is 21.8 Å². The van der Waals surface area contributed by atoms with Crippen LogP contribution in [-0.2, 0) is 4.79 Å². The van der Waals surface area contributed by atoms with Crippen molar-refractivity contribution in [2.24, 2.45) is 5.10 Å². The number of amides is 2. The van der Waals surface area contributed by atoms with Gasteiger partial charge in [-0.2, -0.15) is 5.10 Å². The van der Waals surface area contributed by atoms with Crippen molar-refractivity contribution in [1.29, 1.82) is 0 Å². The average molecular weight is 453 g/mol. The zero-order valence-corrected chi connectivity index (χ0v) is 17.3. The fourth-order valence-electron chi connectivity index (χ4n) is 2.60. The predicted octanol–water partition coefficient (Wildman–Crippen LogP) is 4.03. The lowest BCUT2D eigenvalue weighted by atomic mass is 10.2. The summed E-state index contributed by atoms with van der Waals surface area (Å²) in [4.78, 5) is 34.6. The van der Waals surface area contributed by atoms with Gasteiger partial charge in [0.1, 0.15) is 5.75 Å². The number of benzene rings is 3. The SMILES string of the molecule is O=C(COc1ccccc1/C=N/NC(=O)c1cccc([N+](=O)[O-])c1)Nc1ccccc1Cl. The topological polar surface area (TPSA) is 123 Å². The van der Waals surface area contributed by atoms with E-state index in [0.29, 0.717) is 22.0 Å². The van der Waals surface area contributed by atoms with E-state index in [1.807, 2.05) is 0 Å². The van der Waals surface area contributed by atoms with E-state index in [1.165, 1.54) is 24.4 Å². The summed E-state index contributed by atoms with van der Waals surface area (Å²) in [5, 5.41) is 17.8. The molecule has 0 radical (unpaired) electrons. The van der Waals surface area contributed by atoms with Crippen LogP contribution >= 0.6 is 11.6 Å². The number of non-ortho nitro benzene ring substituents is 1. The van der Waals surface area contributed by atoms with Crippen molar-refractivity contribution >= 4 is 41.0 Å². The van der Waals surface area contributed by atoms with Crippen LogP contribution in [0.25, 0.3) is 0 Å². The number of nitro groups is 1. The van der Waals surface area contributed by atoms with Gasteiger partial charge in [0.25, 0.3) is 17.5 Å². The van der Waals surface area contributed by atoms with Gasteiger partial charge in [-0.15, -0.1) is 0 Å². The van der Waals surface area contributed by atoms with Gasteiger partial charge in [0.15, 0.2) is 6.61 Å². The van der Waals surface area contributed by atoms with Gasteiger partial charge in [-0.1, -0.05) is 41.9 Å². The lowest BCUT2D eigenvalue weighted by Crippen LogP contribution is -2.21.